The minimum atomic E-state index is -0.971. The van der Waals surface area contributed by atoms with Crippen LogP contribution in [-0.2, 0) is 11.3 Å². The van der Waals surface area contributed by atoms with Crippen LogP contribution >= 0.6 is 11.6 Å². The van der Waals surface area contributed by atoms with Gasteiger partial charge in [0.2, 0.25) is 0 Å². The van der Waals surface area contributed by atoms with Crippen LogP contribution in [0.25, 0.3) is 10.8 Å². The van der Waals surface area contributed by atoms with Gasteiger partial charge in [-0.25, -0.2) is 4.79 Å². The first-order valence-corrected chi connectivity index (χ1v) is 9.27. The molecule has 0 fully saturated rings. The Bertz CT molecular complexity index is 895. The van der Waals surface area contributed by atoms with E-state index in [1.54, 1.807) is 6.92 Å². The highest BCUT2D eigenvalue weighted by Gasteiger charge is 2.27. The zero-order valence-corrected chi connectivity index (χ0v) is 15.8. The van der Waals surface area contributed by atoms with Gasteiger partial charge in [-0.2, -0.15) is 0 Å². The molecule has 0 spiro atoms. The summed E-state index contributed by atoms with van der Waals surface area (Å²) in [6, 6.07) is 22.5. The van der Waals surface area contributed by atoms with E-state index in [1.807, 2.05) is 72.8 Å². The third-order valence-corrected chi connectivity index (χ3v) is 4.98. The van der Waals surface area contributed by atoms with Crippen LogP contribution < -0.4 is 5.32 Å². The van der Waals surface area contributed by atoms with E-state index in [0.29, 0.717) is 0 Å². The molecule has 0 saturated heterocycles. The molecule has 5 heteroatoms. The SMILES string of the molecule is C[C@H](NC(=O)OCc1ccccc1)[C@H](O)C(Cl)c1cccc2ccccc12. The van der Waals surface area contributed by atoms with Crippen molar-refractivity contribution in [1.82, 2.24) is 5.32 Å². The number of alkyl carbamates (subject to hydrolysis) is 1. The molecule has 3 rings (SSSR count). The summed E-state index contributed by atoms with van der Waals surface area (Å²) in [4.78, 5) is 12.0. The van der Waals surface area contributed by atoms with Gasteiger partial charge in [-0.3, -0.25) is 0 Å². The lowest BCUT2D eigenvalue weighted by molar-refractivity contribution is 0.104. The number of ether oxygens (including phenoxy) is 1. The zero-order chi connectivity index (χ0) is 19.2. The molecule has 3 aromatic carbocycles. The lowest BCUT2D eigenvalue weighted by Gasteiger charge is -2.25. The first-order chi connectivity index (χ1) is 13.1. The molecule has 1 amide bonds. The molecule has 3 aromatic rings. The molecule has 3 atom stereocenters. The van der Waals surface area contributed by atoms with Gasteiger partial charge in [0.1, 0.15) is 6.61 Å². The highest BCUT2D eigenvalue weighted by Crippen LogP contribution is 2.32. The molecule has 0 bridgehead atoms. The van der Waals surface area contributed by atoms with Gasteiger partial charge in [0.25, 0.3) is 0 Å². The van der Waals surface area contributed by atoms with Crippen LogP contribution in [0.4, 0.5) is 4.79 Å². The summed E-state index contributed by atoms with van der Waals surface area (Å²) in [5.41, 5.74) is 1.72. The molecule has 0 heterocycles. The van der Waals surface area contributed by atoms with Gasteiger partial charge in [-0.05, 0) is 28.8 Å². The Morgan fingerprint density at radius 2 is 1.70 bits per heavy atom. The van der Waals surface area contributed by atoms with Crippen molar-refractivity contribution >= 4 is 28.5 Å². The minimum Gasteiger partial charge on any atom is -0.445 e. The second-order valence-corrected chi connectivity index (χ2v) is 6.93. The van der Waals surface area contributed by atoms with Gasteiger partial charge in [0.05, 0.1) is 17.5 Å². The maximum Gasteiger partial charge on any atom is 0.407 e. The third-order valence-electron chi connectivity index (χ3n) is 4.49. The van der Waals surface area contributed by atoms with Crippen molar-refractivity contribution in [1.29, 1.82) is 0 Å². The molecule has 0 aliphatic rings. The molecule has 140 valence electrons. The number of rotatable bonds is 6. The second kappa shape index (κ2) is 8.89. The average molecular weight is 384 g/mol. The Labute approximate surface area is 163 Å². The Morgan fingerprint density at radius 1 is 1.04 bits per heavy atom. The van der Waals surface area contributed by atoms with Crippen molar-refractivity contribution in [2.45, 2.75) is 31.1 Å². The van der Waals surface area contributed by atoms with E-state index in [0.717, 1.165) is 21.9 Å². The number of hydrogen-bond acceptors (Lipinski definition) is 3. The molecule has 1 unspecified atom stereocenters. The van der Waals surface area contributed by atoms with Crippen LogP contribution in [0.5, 0.6) is 0 Å². The number of hydrogen-bond donors (Lipinski definition) is 2. The predicted octanol–water partition coefficient (Wildman–Crippen LogP) is 4.80. The summed E-state index contributed by atoms with van der Waals surface area (Å²) in [5, 5.41) is 14.7. The van der Waals surface area contributed by atoms with Crippen LogP contribution in [-0.4, -0.2) is 23.3 Å². The number of fused-ring (bicyclic) bond motifs is 1. The zero-order valence-electron chi connectivity index (χ0n) is 15.0. The number of alkyl halides is 1. The summed E-state index contributed by atoms with van der Waals surface area (Å²) in [6.45, 7) is 1.87. The average Bonchev–Trinajstić information content (AvgIpc) is 2.71. The number of benzene rings is 3. The highest BCUT2D eigenvalue weighted by molar-refractivity contribution is 6.22. The first-order valence-electron chi connectivity index (χ1n) is 8.83. The van der Waals surface area contributed by atoms with Crippen LogP contribution in [0.2, 0.25) is 0 Å². The summed E-state index contributed by atoms with van der Waals surface area (Å²) in [6.07, 6.45) is -1.56. The van der Waals surface area contributed by atoms with E-state index in [2.05, 4.69) is 5.32 Å². The summed E-state index contributed by atoms with van der Waals surface area (Å²) in [5.74, 6) is 0. The van der Waals surface area contributed by atoms with Gasteiger partial charge < -0.3 is 15.2 Å². The van der Waals surface area contributed by atoms with Gasteiger partial charge in [0.15, 0.2) is 0 Å². The van der Waals surface area contributed by atoms with E-state index in [1.165, 1.54) is 0 Å². The van der Waals surface area contributed by atoms with Crippen molar-refractivity contribution in [2.75, 3.05) is 0 Å². The summed E-state index contributed by atoms with van der Waals surface area (Å²) < 4.78 is 5.20. The molecule has 0 aliphatic heterocycles. The number of amides is 1. The van der Waals surface area contributed by atoms with Gasteiger partial charge >= 0.3 is 6.09 Å². The first kappa shape index (κ1) is 19.2. The topological polar surface area (TPSA) is 58.6 Å². The normalized spacial score (nSPS) is 14.3. The van der Waals surface area contributed by atoms with E-state index in [9.17, 15) is 9.90 Å². The second-order valence-electron chi connectivity index (χ2n) is 6.46. The van der Waals surface area contributed by atoms with Crippen LogP contribution in [0.3, 0.4) is 0 Å². The Balaban J connectivity index is 1.62. The van der Waals surface area contributed by atoms with Crippen molar-refractivity contribution in [3.05, 3.63) is 83.9 Å². The van der Waals surface area contributed by atoms with Gasteiger partial charge in [0, 0.05) is 0 Å². The van der Waals surface area contributed by atoms with Crippen LogP contribution in [0.1, 0.15) is 23.4 Å². The summed E-state index contributed by atoms with van der Waals surface area (Å²) in [7, 11) is 0. The van der Waals surface area contributed by atoms with E-state index >= 15 is 0 Å². The smallest absolute Gasteiger partial charge is 0.407 e. The quantitative estimate of drug-likeness (QED) is 0.601. The van der Waals surface area contributed by atoms with Crippen molar-refractivity contribution < 1.29 is 14.6 Å². The number of halogens is 1. The van der Waals surface area contributed by atoms with Crippen LogP contribution in [0.15, 0.2) is 72.8 Å². The van der Waals surface area contributed by atoms with Crippen molar-refractivity contribution in [3.8, 4) is 0 Å². The van der Waals surface area contributed by atoms with Crippen molar-refractivity contribution in [3.63, 3.8) is 0 Å². The third kappa shape index (κ3) is 4.79. The predicted molar refractivity (Wildman–Crippen MR) is 108 cm³/mol. The number of aliphatic hydroxyl groups is 1. The number of aliphatic hydroxyl groups excluding tert-OH is 1. The van der Waals surface area contributed by atoms with E-state index in [4.69, 9.17) is 16.3 Å². The molecule has 2 N–H and O–H groups in total. The summed E-state index contributed by atoms with van der Waals surface area (Å²) >= 11 is 6.54. The maximum atomic E-state index is 12.0. The Kier molecular flexibility index (Phi) is 6.32. The van der Waals surface area contributed by atoms with Gasteiger partial charge in [-0.1, -0.05) is 72.8 Å². The van der Waals surface area contributed by atoms with Crippen molar-refractivity contribution in [2.24, 2.45) is 0 Å². The molecular formula is C22H22ClNO3. The Morgan fingerprint density at radius 3 is 2.48 bits per heavy atom. The molecule has 0 radical (unpaired) electrons. The standard InChI is InChI=1S/C22H22ClNO3/c1-15(24-22(26)27-14-16-8-3-2-4-9-16)21(25)20(23)19-13-7-11-17-10-5-6-12-18(17)19/h2-13,15,20-21,25H,14H2,1H3,(H,24,26)/t15-,20?,21-/m0/s1. The minimum absolute atomic E-state index is 0.170. The fraction of sp³-hybridized carbons (Fsp3) is 0.227. The maximum absolute atomic E-state index is 12.0. The molecule has 0 aliphatic carbocycles. The fourth-order valence-corrected chi connectivity index (χ4v) is 3.37. The Hall–Kier alpha value is -2.56. The fourth-order valence-electron chi connectivity index (χ4n) is 2.96. The molecule has 0 saturated carbocycles. The number of carbonyl (C=O) groups excluding carboxylic acids is 1. The lowest BCUT2D eigenvalue weighted by Crippen LogP contribution is -2.43. The van der Waals surface area contributed by atoms with E-state index < -0.39 is 23.6 Å². The van der Waals surface area contributed by atoms with E-state index in [-0.39, 0.29) is 6.61 Å². The highest BCUT2D eigenvalue weighted by atomic mass is 35.5. The van der Waals surface area contributed by atoms with Crippen LogP contribution in [0, 0.1) is 0 Å². The molecule has 4 nitrogen and oxygen atoms in total. The van der Waals surface area contributed by atoms with Gasteiger partial charge in [-0.15, -0.1) is 11.6 Å². The number of nitrogens with one attached hydrogen (secondary N) is 1. The molecule has 0 aromatic heterocycles. The lowest BCUT2D eigenvalue weighted by atomic mass is 9.97. The number of carbonyl (C=O) groups is 1. The monoisotopic (exact) mass is 383 g/mol. The largest absolute Gasteiger partial charge is 0.445 e. The molecule has 27 heavy (non-hydrogen) atoms. The molecular weight excluding hydrogens is 362 g/mol.